The minimum atomic E-state index is -3.75. The van der Waals surface area contributed by atoms with E-state index in [2.05, 4.69) is 4.72 Å². The van der Waals surface area contributed by atoms with E-state index in [1.54, 1.807) is 16.8 Å². The molecule has 2 N–H and O–H groups in total. The third-order valence-corrected chi connectivity index (χ3v) is 4.31. The minimum Gasteiger partial charge on any atom is -0.477 e. The molecule has 0 radical (unpaired) electrons. The van der Waals surface area contributed by atoms with Crippen LogP contribution >= 0.6 is 11.3 Å². The first-order chi connectivity index (χ1) is 8.40. The third-order valence-electron chi connectivity index (χ3n) is 2.28. The molecule has 2 heterocycles. The molecule has 0 saturated heterocycles. The molecule has 6 nitrogen and oxygen atoms in total. The Morgan fingerprint density at radius 1 is 1.50 bits per heavy atom. The van der Waals surface area contributed by atoms with Crippen molar-refractivity contribution in [1.29, 1.82) is 0 Å². The minimum absolute atomic E-state index is 0.0754. The van der Waals surface area contributed by atoms with Crippen LogP contribution < -0.4 is 4.72 Å². The highest BCUT2D eigenvalue weighted by molar-refractivity contribution is 7.92. The maximum Gasteiger partial charge on any atom is 0.352 e. The fourth-order valence-electron chi connectivity index (χ4n) is 1.43. The van der Waals surface area contributed by atoms with Gasteiger partial charge in [-0.15, -0.1) is 0 Å². The van der Waals surface area contributed by atoms with Crippen molar-refractivity contribution in [2.45, 2.75) is 4.90 Å². The number of aromatic nitrogens is 1. The lowest BCUT2D eigenvalue weighted by molar-refractivity contribution is 0.0686. The van der Waals surface area contributed by atoms with Gasteiger partial charge in [-0.2, -0.15) is 11.3 Å². The lowest BCUT2D eigenvalue weighted by Gasteiger charge is -2.02. The van der Waals surface area contributed by atoms with Gasteiger partial charge >= 0.3 is 5.97 Å². The van der Waals surface area contributed by atoms with Crippen LogP contribution in [0.25, 0.3) is 0 Å². The number of anilines is 1. The van der Waals surface area contributed by atoms with Gasteiger partial charge in [0, 0.05) is 18.6 Å². The molecule has 2 rings (SSSR count). The molecule has 96 valence electrons. The molecule has 18 heavy (non-hydrogen) atoms. The highest BCUT2D eigenvalue weighted by Crippen LogP contribution is 2.19. The topological polar surface area (TPSA) is 88.4 Å². The zero-order valence-corrected chi connectivity index (χ0v) is 11.0. The van der Waals surface area contributed by atoms with Crippen LogP contribution in [0.2, 0.25) is 0 Å². The van der Waals surface area contributed by atoms with E-state index in [9.17, 15) is 13.2 Å². The lowest BCUT2D eigenvalue weighted by atomic mass is 10.4. The van der Waals surface area contributed by atoms with E-state index < -0.39 is 16.0 Å². The summed E-state index contributed by atoms with van der Waals surface area (Å²) >= 11 is 1.36. The fraction of sp³-hybridized carbons (Fsp3) is 0.100. The number of nitrogens with one attached hydrogen (secondary N) is 1. The summed E-state index contributed by atoms with van der Waals surface area (Å²) in [6, 6.07) is 2.75. The lowest BCUT2D eigenvalue weighted by Crippen LogP contribution is -2.11. The van der Waals surface area contributed by atoms with Crippen molar-refractivity contribution >= 4 is 33.0 Å². The fourth-order valence-corrected chi connectivity index (χ4v) is 3.21. The summed E-state index contributed by atoms with van der Waals surface area (Å²) in [7, 11) is -2.27. The zero-order valence-electron chi connectivity index (χ0n) is 9.32. The van der Waals surface area contributed by atoms with Crippen LogP contribution in [0.3, 0.4) is 0 Å². The van der Waals surface area contributed by atoms with Crippen LogP contribution in [-0.4, -0.2) is 24.1 Å². The summed E-state index contributed by atoms with van der Waals surface area (Å²) < 4.78 is 27.6. The summed E-state index contributed by atoms with van der Waals surface area (Å²) in [5.74, 6) is -1.17. The highest BCUT2D eigenvalue weighted by Gasteiger charge is 2.20. The van der Waals surface area contributed by atoms with Crippen molar-refractivity contribution in [3.8, 4) is 0 Å². The standard InChI is InChI=1S/C10H10N2O4S2/c1-12-5-8(4-9(12)10(13)14)18(15,16)11-7-2-3-17-6-7/h2-6,11H,1H3,(H,13,14). The molecule has 0 amide bonds. The van der Waals surface area contributed by atoms with Crippen molar-refractivity contribution in [1.82, 2.24) is 4.57 Å². The molecule has 2 aromatic rings. The van der Waals surface area contributed by atoms with Gasteiger partial charge in [-0.25, -0.2) is 13.2 Å². The maximum absolute atomic E-state index is 12.0. The summed E-state index contributed by atoms with van der Waals surface area (Å²) in [6.07, 6.45) is 1.26. The van der Waals surface area contributed by atoms with Gasteiger partial charge < -0.3 is 9.67 Å². The van der Waals surface area contributed by atoms with Crippen LogP contribution in [0.15, 0.2) is 34.0 Å². The molecule has 0 saturated carbocycles. The van der Waals surface area contributed by atoms with Crippen LogP contribution in [0.5, 0.6) is 0 Å². The molecule has 0 bridgehead atoms. The van der Waals surface area contributed by atoms with Crippen molar-refractivity contribution in [2.75, 3.05) is 4.72 Å². The molecule has 0 aliphatic rings. The SMILES string of the molecule is Cn1cc(S(=O)(=O)Nc2ccsc2)cc1C(=O)O. The molecule has 2 aromatic heterocycles. The molecular formula is C10H10N2O4S2. The average molecular weight is 286 g/mol. The third kappa shape index (κ3) is 2.39. The monoisotopic (exact) mass is 286 g/mol. The number of aryl methyl sites for hydroxylation is 1. The van der Waals surface area contributed by atoms with E-state index in [0.29, 0.717) is 5.69 Å². The van der Waals surface area contributed by atoms with E-state index >= 15 is 0 Å². The number of carboxylic acid groups (broad SMARTS) is 1. The van der Waals surface area contributed by atoms with Crippen molar-refractivity contribution in [3.05, 3.63) is 34.8 Å². The summed E-state index contributed by atoms with van der Waals surface area (Å²) in [4.78, 5) is 10.8. The molecule has 0 spiro atoms. The van der Waals surface area contributed by atoms with Crippen LogP contribution in [0.4, 0.5) is 5.69 Å². The number of nitrogens with zero attached hydrogens (tertiary/aromatic N) is 1. The van der Waals surface area contributed by atoms with Crippen molar-refractivity contribution in [2.24, 2.45) is 7.05 Å². The van der Waals surface area contributed by atoms with E-state index in [1.165, 1.54) is 29.1 Å². The molecule has 0 aromatic carbocycles. The first-order valence-electron chi connectivity index (χ1n) is 4.85. The Labute approximate surface area is 108 Å². The predicted molar refractivity (Wildman–Crippen MR) is 67.5 cm³/mol. The Morgan fingerprint density at radius 2 is 2.22 bits per heavy atom. The van der Waals surface area contributed by atoms with Gasteiger partial charge in [0.1, 0.15) is 10.6 Å². The van der Waals surface area contributed by atoms with Crippen LogP contribution in [0.1, 0.15) is 10.5 Å². The van der Waals surface area contributed by atoms with Crippen molar-refractivity contribution in [3.63, 3.8) is 0 Å². The normalized spacial score (nSPS) is 11.4. The molecule has 8 heteroatoms. The highest BCUT2D eigenvalue weighted by atomic mass is 32.2. The van der Waals surface area contributed by atoms with Crippen molar-refractivity contribution < 1.29 is 18.3 Å². The second-order valence-electron chi connectivity index (χ2n) is 3.59. The van der Waals surface area contributed by atoms with E-state index in [4.69, 9.17) is 5.11 Å². The van der Waals surface area contributed by atoms with Gasteiger partial charge in [-0.05, 0) is 17.5 Å². The first kappa shape index (κ1) is 12.7. The number of carboxylic acids is 1. The molecule has 0 aliphatic carbocycles. The molecule has 0 atom stereocenters. The quantitative estimate of drug-likeness (QED) is 0.893. The Morgan fingerprint density at radius 3 is 2.72 bits per heavy atom. The first-order valence-corrected chi connectivity index (χ1v) is 7.27. The number of rotatable bonds is 4. The predicted octanol–water partition coefficient (Wildman–Crippen LogP) is 1.59. The van der Waals surface area contributed by atoms with Crippen LogP contribution in [-0.2, 0) is 17.1 Å². The number of carbonyl (C=O) groups is 1. The summed E-state index contributed by atoms with van der Waals surface area (Å²) in [5.41, 5.74) is 0.376. The molecule has 0 fully saturated rings. The van der Waals surface area contributed by atoms with Gasteiger partial charge in [0.05, 0.1) is 5.69 Å². The van der Waals surface area contributed by atoms with Gasteiger partial charge in [-0.3, -0.25) is 4.72 Å². The van der Waals surface area contributed by atoms with Crippen LogP contribution in [0, 0.1) is 0 Å². The van der Waals surface area contributed by atoms with E-state index in [1.807, 2.05) is 0 Å². The second-order valence-corrected chi connectivity index (χ2v) is 6.06. The number of hydrogen-bond donors (Lipinski definition) is 2. The largest absolute Gasteiger partial charge is 0.477 e. The number of aromatic carboxylic acids is 1. The number of thiophene rings is 1. The zero-order chi connectivity index (χ0) is 13.3. The van der Waals surface area contributed by atoms with Gasteiger partial charge in [0.2, 0.25) is 0 Å². The Kier molecular flexibility index (Phi) is 3.14. The Balaban J connectivity index is 2.36. The molecule has 0 aliphatic heterocycles. The smallest absolute Gasteiger partial charge is 0.352 e. The number of sulfonamides is 1. The number of hydrogen-bond acceptors (Lipinski definition) is 4. The van der Waals surface area contributed by atoms with Gasteiger partial charge in [-0.1, -0.05) is 0 Å². The molecule has 0 unspecified atom stereocenters. The molecular weight excluding hydrogens is 276 g/mol. The summed E-state index contributed by atoms with van der Waals surface area (Å²) in [5, 5.41) is 12.3. The van der Waals surface area contributed by atoms with E-state index in [-0.39, 0.29) is 10.6 Å². The average Bonchev–Trinajstić information content (AvgIpc) is 2.86. The summed E-state index contributed by atoms with van der Waals surface area (Å²) in [6.45, 7) is 0. The Hall–Kier alpha value is -1.80. The van der Waals surface area contributed by atoms with Gasteiger partial charge in [0.15, 0.2) is 0 Å². The van der Waals surface area contributed by atoms with E-state index in [0.717, 1.165) is 6.07 Å². The Bertz CT molecular complexity index is 671. The maximum atomic E-state index is 12.0. The van der Waals surface area contributed by atoms with Gasteiger partial charge in [0.25, 0.3) is 10.0 Å². The second kappa shape index (κ2) is 4.46.